The Balaban J connectivity index is 1.38. The lowest BCUT2D eigenvalue weighted by molar-refractivity contribution is -0.159. The predicted octanol–water partition coefficient (Wildman–Crippen LogP) is 4.62. The van der Waals surface area contributed by atoms with Gasteiger partial charge in [-0.1, -0.05) is 29.8 Å². The molecule has 1 atom stereocenters. The average Bonchev–Trinajstić information content (AvgIpc) is 3.31. The van der Waals surface area contributed by atoms with E-state index in [4.69, 9.17) is 26.2 Å². The van der Waals surface area contributed by atoms with Gasteiger partial charge in [-0.05, 0) is 66.9 Å². The fraction of sp³-hybridized carbons (Fsp3) is 0.250. The molecule has 0 bridgehead atoms. The van der Waals surface area contributed by atoms with Gasteiger partial charge in [-0.3, -0.25) is 4.79 Å². The molecule has 1 saturated heterocycles. The number of Topliss-reactive ketones (excluding diaryl/α,β-unsaturated/α-hetero) is 1. The number of urea groups is 1. The lowest BCUT2D eigenvalue weighted by atomic mass is 9.98. The normalized spacial score (nSPS) is 16.9. The Labute approximate surface area is 230 Å². The molecule has 1 aliphatic heterocycles. The topological polar surface area (TPSA) is 137 Å². The number of halogens is 1. The van der Waals surface area contributed by atoms with Crippen LogP contribution in [0.5, 0.6) is 11.5 Å². The van der Waals surface area contributed by atoms with Crippen molar-refractivity contribution < 1.29 is 34.1 Å². The lowest BCUT2D eigenvalue weighted by Gasteiger charge is -2.32. The Morgan fingerprint density at radius 1 is 1.03 bits per heavy atom. The molecule has 3 aromatic rings. The van der Waals surface area contributed by atoms with Crippen molar-refractivity contribution in [1.29, 1.82) is 0 Å². The van der Waals surface area contributed by atoms with Gasteiger partial charge in [0.25, 0.3) is 0 Å². The Kier molecular flexibility index (Phi) is 8.70. The number of ether oxygens (including phenoxy) is 2. The fourth-order valence-corrected chi connectivity index (χ4v) is 4.49. The van der Waals surface area contributed by atoms with Gasteiger partial charge in [-0.2, -0.15) is 0 Å². The fourth-order valence-electron chi connectivity index (χ4n) is 4.31. The minimum absolute atomic E-state index is 0.0403. The van der Waals surface area contributed by atoms with Crippen molar-refractivity contribution in [3.8, 4) is 11.5 Å². The highest BCUT2D eigenvalue weighted by atomic mass is 35.5. The summed E-state index contributed by atoms with van der Waals surface area (Å²) in [6.07, 6.45) is 0.797. The number of benzene rings is 3. The summed E-state index contributed by atoms with van der Waals surface area (Å²) in [5.41, 5.74) is -0.136. The molecule has 10 nitrogen and oxygen atoms in total. The van der Waals surface area contributed by atoms with Gasteiger partial charge in [0.05, 0.1) is 29.1 Å². The number of carboxylic acids is 1. The summed E-state index contributed by atoms with van der Waals surface area (Å²) in [6, 6.07) is 17.1. The van der Waals surface area contributed by atoms with Crippen LogP contribution in [0.15, 0.2) is 66.7 Å². The van der Waals surface area contributed by atoms with E-state index >= 15 is 0 Å². The molecule has 11 heteroatoms. The number of anilines is 2. The molecule has 1 heterocycles. The van der Waals surface area contributed by atoms with Crippen molar-refractivity contribution in [1.82, 2.24) is 4.90 Å². The molecule has 0 aliphatic carbocycles. The first-order chi connectivity index (χ1) is 18.7. The molecule has 204 valence electrons. The molecule has 0 spiro atoms. The number of rotatable bonds is 10. The monoisotopic (exact) mass is 553 g/mol. The van der Waals surface area contributed by atoms with Crippen molar-refractivity contribution in [3.05, 3.63) is 82.9 Å². The van der Waals surface area contributed by atoms with Crippen LogP contribution in [0.1, 0.15) is 28.8 Å². The number of carbonyl (C=O) groups excluding carboxylic acids is 2. The minimum atomic E-state index is -1.71. The number of amides is 2. The van der Waals surface area contributed by atoms with Gasteiger partial charge in [-0.15, -0.1) is 0 Å². The summed E-state index contributed by atoms with van der Waals surface area (Å²) in [6.45, 7) is 0.420. The number of ketones is 1. The third kappa shape index (κ3) is 6.66. The first-order valence-electron chi connectivity index (χ1n) is 12.2. The smallest absolute Gasteiger partial charge is 0.335 e. The van der Waals surface area contributed by atoms with E-state index in [2.05, 4.69) is 10.6 Å². The maximum Gasteiger partial charge on any atom is 0.335 e. The van der Waals surface area contributed by atoms with Crippen LogP contribution in [0.2, 0.25) is 5.02 Å². The second-order valence-corrected chi connectivity index (χ2v) is 9.39. The summed E-state index contributed by atoms with van der Waals surface area (Å²) in [5, 5.41) is 26.0. The van der Waals surface area contributed by atoms with Gasteiger partial charge >= 0.3 is 12.0 Å². The van der Waals surface area contributed by atoms with Crippen molar-refractivity contribution in [3.63, 3.8) is 0 Å². The zero-order valence-electron chi connectivity index (χ0n) is 21.1. The van der Waals surface area contributed by atoms with Gasteiger partial charge in [0, 0.05) is 13.0 Å². The summed E-state index contributed by atoms with van der Waals surface area (Å²) < 4.78 is 11.1. The number of likely N-dealkylation sites (tertiary alicyclic amines) is 1. The standard InChI is InChI=1S/C28H28ClN3O7/c1-38-24-15-18(7-12-23(24)31-27(36)30-22-6-3-2-5-21(22)29)16-25(33)28(37)13-4-14-32(28)17-39-20-10-8-19(9-11-20)26(34)35/h2-3,5-12,15,37H,4,13-14,16-17H2,1H3,(H,34,35)(H2,30,31,36). The van der Waals surface area contributed by atoms with Crippen LogP contribution < -0.4 is 20.1 Å². The van der Waals surface area contributed by atoms with E-state index in [1.54, 1.807) is 47.4 Å². The molecule has 0 aromatic heterocycles. The van der Waals surface area contributed by atoms with Crippen LogP contribution in [0.25, 0.3) is 0 Å². The second kappa shape index (κ2) is 12.2. The van der Waals surface area contributed by atoms with Crippen LogP contribution in [0.4, 0.5) is 16.2 Å². The summed E-state index contributed by atoms with van der Waals surface area (Å²) in [5.74, 6) is -0.669. The zero-order chi connectivity index (χ0) is 28.0. The van der Waals surface area contributed by atoms with E-state index in [9.17, 15) is 19.5 Å². The SMILES string of the molecule is COc1cc(CC(=O)C2(O)CCCN2COc2ccc(C(=O)O)cc2)ccc1NC(=O)Nc1ccccc1Cl. The number of nitrogens with zero attached hydrogens (tertiary/aromatic N) is 1. The first kappa shape index (κ1) is 27.9. The Morgan fingerprint density at radius 2 is 1.74 bits per heavy atom. The molecule has 1 unspecified atom stereocenters. The minimum Gasteiger partial charge on any atom is -0.495 e. The third-order valence-electron chi connectivity index (χ3n) is 6.41. The molecule has 1 aliphatic rings. The van der Waals surface area contributed by atoms with Crippen molar-refractivity contribution in [2.24, 2.45) is 0 Å². The number of hydrogen-bond donors (Lipinski definition) is 4. The zero-order valence-corrected chi connectivity index (χ0v) is 21.9. The van der Waals surface area contributed by atoms with Gasteiger partial charge in [0.15, 0.2) is 11.5 Å². The molecule has 0 radical (unpaired) electrons. The lowest BCUT2D eigenvalue weighted by Crippen LogP contribution is -2.52. The van der Waals surface area contributed by atoms with Gasteiger partial charge in [0.1, 0.15) is 18.2 Å². The maximum absolute atomic E-state index is 13.2. The predicted molar refractivity (Wildman–Crippen MR) is 146 cm³/mol. The molecule has 3 aromatic carbocycles. The van der Waals surface area contributed by atoms with E-state index in [0.717, 1.165) is 0 Å². The van der Waals surface area contributed by atoms with Crippen LogP contribution in [0, 0.1) is 0 Å². The van der Waals surface area contributed by atoms with Crippen LogP contribution in [-0.4, -0.2) is 59.0 Å². The largest absolute Gasteiger partial charge is 0.495 e. The molecule has 39 heavy (non-hydrogen) atoms. The number of methoxy groups -OCH3 is 1. The molecule has 0 saturated carbocycles. The quantitative estimate of drug-likeness (QED) is 0.285. The molecule has 4 rings (SSSR count). The molecule has 4 N–H and O–H groups in total. The number of aromatic carboxylic acids is 1. The van der Waals surface area contributed by atoms with E-state index < -0.39 is 23.5 Å². The van der Waals surface area contributed by atoms with E-state index in [-0.39, 0.29) is 25.1 Å². The summed E-state index contributed by atoms with van der Waals surface area (Å²) in [7, 11) is 1.45. The molecular formula is C28H28ClN3O7. The summed E-state index contributed by atoms with van der Waals surface area (Å²) in [4.78, 5) is 38.3. The first-order valence-corrected chi connectivity index (χ1v) is 12.5. The maximum atomic E-state index is 13.2. The van der Waals surface area contributed by atoms with Gasteiger partial charge < -0.3 is 30.3 Å². The number of para-hydroxylation sites is 1. The van der Waals surface area contributed by atoms with Gasteiger partial charge in [0.2, 0.25) is 0 Å². The van der Waals surface area contributed by atoms with E-state index in [0.29, 0.717) is 46.4 Å². The van der Waals surface area contributed by atoms with Crippen LogP contribution >= 0.6 is 11.6 Å². The third-order valence-corrected chi connectivity index (χ3v) is 6.74. The second-order valence-electron chi connectivity index (χ2n) is 8.98. The highest BCUT2D eigenvalue weighted by Gasteiger charge is 2.45. The van der Waals surface area contributed by atoms with Crippen LogP contribution in [0.3, 0.4) is 0 Å². The van der Waals surface area contributed by atoms with E-state index in [1.165, 1.54) is 31.4 Å². The number of nitrogens with one attached hydrogen (secondary N) is 2. The molecular weight excluding hydrogens is 526 g/mol. The Hall–Kier alpha value is -4.12. The number of carbonyl (C=O) groups is 3. The van der Waals surface area contributed by atoms with E-state index in [1.807, 2.05) is 0 Å². The number of hydrogen-bond acceptors (Lipinski definition) is 7. The van der Waals surface area contributed by atoms with Crippen molar-refractivity contribution in [2.45, 2.75) is 25.0 Å². The van der Waals surface area contributed by atoms with Gasteiger partial charge in [-0.25, -0.2) is 14.5 Å². The van der Waals surface area contributed by atoms with Crippen molar-refractivity contribution in [2.75, 3.05) is 31.0 Å². The highest BCUT2D eigenvalue weighted by Crippen LogP contribution is 2.31. The molecule has 1 fully saturated rings. The Bertz CT molecular complexity index is 1370. The number of carboxylic acid groups (broad SMARTS) is 1. The average molecular weight is 554 g/mol. The van der Waals surface area contributed by atoms with Crippen LogP contribution in [-0.2, 0) is 11.2 Å². The Morgan fingerprint density at radius 3 is 2.44 bits per heavy atom. The highest BCUT2D eigenvalue weighted by molar-refractivity contribution is 6.33. The summed E-state index contributed by atoms with van der Waals surface area (Å²) >= 11 is 6.09. The number of aliphatic hydroxyl groups is 1. The molecule has 2 amide bonds. The van der Waals surface area contributed by atoms with Crippen molar-refractivity contribution >= 4 is 40.8 Å².